The molecule has 2 bridgehead atoms. The van der Waals surface area contributed by atoms with Crippen molar-refractivity contribution in [3.63, 3.8) is 0 Å². The van der Waals surface area contributed by atoms with Crippen molar-refractivity contribution in [1.82, 2.24) is 9.97 Å². The van der Waals surface area contributed by atoms with E-state index in [2.05, 4.69) is 36.1 Å². The number of rotatable bonds is 10. The third-order valence-corrected chi connectivity index (χ3v) is 12.4. The first-order valence-corrected chi connectivity index (χ1v) is 23.0. The van der Waals surface area contributed by atoms with Crippen LogP contribution in [0.1, 0.15) is 85.1 Å². The van der Waals surface area contributed by atoms with Crippen molar-refractivity contribution in [3.05, 3.63) is 281 Å². The molecule has 2 atom stereocenters. The first-order chi connectivity index (χ1) is 34.0. The molecule has 0 amide bonds. The first kappa shape index (κ1) is 52.9. The van der Waals surface area contributed by atoms with Crippen LogP contribution in [0.3, 0.4) is 0 Å². The van der Waals surface area contributed by atoms with Crippen LogP contribution < -0.4 is 15.3 Å². The molecule has 6 aromatic carbocycles. The molecule has 0 radical (unpaired) electrons. The van der Waals surface area contributed by atoms with Gasteiger partial charge >= 0.3 is 38.6 Å². The quantitative estimate of drug-likeness (QED) is 0.0747. The van der Waals surface area contributed by atoms with Crippen LogP contribution in [-0.2, 0) is 6.42 Å². The summed E-state index contributed by atoms with van der Waals surface area (Å²) in [5.74, 6) is -0.0211. The predicted octanol–water partition coefficient (Wildman–Crippen LogP) is 10.6. The molecular weight excluding hydrogens is 1030 g/mol. The molecule has 0 spiro atoms. The Morgan fingerprint density at radius 2 is 0.803 bits per heavy atom. The van der Waals surface area contributed by atoms with Gasteiger partial charge in [0.25, 0.3) is 0 Å². The van der Waals surface area contributed by atoms with E-state index in [0.29, 0.717) is 44.7 Å². The summed E-state index contributed by atoms with van der Waals surface area (Å²) in [4.78, 5) is 44.3. The molecule has 1 saturated carbocycles. The molecule has 2 aromatic heterocycles. The topological polar surface area (TPSA) is 146 Å². The zero-order valence-electron chi connectivity index (χ0n) is 39.3. The third-order valence-electron chi connectivity index (χ3n) is 12.4. The van der Waals surface area contributed by atoms with Crippen LogP contribution in [0, 0.1) is 49.9 Å². The molecule has 11 rings (SSSR count). The zero-order valence-corrected chi connectivity index (χ0v) is 41.4. The Labute approximate surface area is 446 Å². The molecule has 2 heterocycles. The average molecular weight is 1080 g/mol. The Kier molecular flexibility index (Phi) is 19.3. The molecule has 8 nitrogen and oxygen atoms in total. The van der Waals surface area contributed by atoms with Crippen molar-refractivity contribution < 1.29 is 68.3 Å². The molecule has 3 aliphatic rings. The number of hydrogen-bond acceptors (Lipinski definition) is 8. The summed E-state index contributed by atoms with van der Waals surface area (Å²) in [5, 5.41) is 35.3. The number of nitrogens with zero attached hydrogens (tertiary/aromatic N) is 2. The molecule has 3 aliphatic carbocycles. The minimum atomic E-state index is -0.264. The second-order valence-electron chi connectivity index (χ2n) is 17.3. The number of hydrogen-bond donors (Lipinski definition) is 0. The molecule has 9 heteroatoms. The van der Waals surface area contributed by atoms with Gasteiger partial charge in [0.2, 0.25) is 0 Å². The maximum absolute atomic E-state index is 11.8. The number of carbonyl (C=O) groups excluding carboxylic acids is 3. The Morgan fingerprint density at radius 1 is 0.465 bits per heavy atom. The second kappa shape index (κ2) is 25.9. The first-order valence-electron chi connectivity index (χ1n) is 23.0. The van der Waals surface area contributed by atoms with Gasteiger partial charge in [0.1, 0.15) is 0 Å². The molecule has 71 heavy (non-hydrogen) atoms. The third kappa shape index (κ3) is 14.5. The van der Waals surface area contributed by atoms with Crippen molar-refractivity contribution >= 4 is 34.6 Å². The van der Waals surface area contributed by atoms with Crippen LogP contribution in [0.5, 0.6) is 0 Å². The van der Waals surface area contributed by atoms with Gasteiger partial charge in [-0.25, -0.2) is 0 Å². The zero-order chi connectivity index (χ0) is 49.3. The molecule has 0 unspecified atom stereocenters. The standard InChI is InChI=1S/C17H18N2.3C15H12O2.Tb/c1-17(2)12-7-11-8-16(15-5-3-4-6-18-15)19-10-13(11)14(17)9-12;3*16-14(12-7-3-1-4-8-12)11-15(17)13-9-5-2-6-10-13;/h3-6,8,10,12,14H,7,9H2,1-2H3;3*1-11,16H;/q;;;;+3/p-3/b;3*14-11-;/t12-,14-;;;;/m0..../s1. The summed E-state index contributed by atoms with van der Waals surface area (Å²) in [6, 6.07) is 60.8. The second-order valence-corrected chi connectivity index (χ2v) is 17.3. The molecule has 8 aromatic rings. The van der Waals surface area contributed by atoms with Crippen molar-refractivity contribution in [2.45, 2.75) is 32.6 Å². The average Bonchev–Trinajstić information content (AvgIpc) is 3.42. The van der Waals surface area contributed by atoms with Gasteiger partial charge in [0.05, 0.1) is 11.4 Å². The number of benzene rings is 6. The van der Waals surface area contributed by atoms with E-state index in [-0.39, 0.29) is 73.2 Å². The van der Waals surface area contributed by atoms with Crippen molar-refractivity contribution in [2.75, 3.05) is 0 Å². The number of ketones is 3. The van der Waals surface area contributed by atoms with E-state index in [1.807, 2.05) is 60.8 Å². The van der Waals surface area contributed by atoms with Crippen molar-refractivity contribution in [2.24, 2.45) is 11.3 Å². The fraction of sp³-hybridized carbons (Fsp3) is 0.113. The largest absolute Gasteiger partial charge is 3.00 e. The number of carbonyl (C=O) groups is 3. The minimum Gasteiger partial charge on any atom is -0.872 e. The smallest absolute Gasteiger partial charge is 0.872 e. The van der Waals surface area contributed by atoms with Crippen LogP contribution in [0.2, 0.25) is 0 Å². The van der Waals surface area contributed by atoms with E-state index in [0.717, 1.165) is 35.5 Å². The molecule has 0 N–H and O–H groups in total. The Morgan fingerprint density at radius 3 is 1.13 bits per heavy atom. The van der Waals surface area contributed by atoms with E-state index < -0.39 is 0 Å². The van der Waals surface area contributed by atoms with Gasteiger partial charge in [-0.15, -0.1) is 0 Å². The summed E-state index contributed by atoms with van der Waals surface area (Å²) in [6.45, 7) is 4.81. The molecule has 354 valence electrons. The predicted molar refractivity (Wildman–Crippen MR) is 271 cm³/mol. The van der Waals surface area contributed by atoms with Crippen LogP contribution in [0.4, 0.5) is 0 Å². The summed E-state index contributed by atoms with van der Waals surface area (Å²) in [6.07, 6.45) is 9.88. The summed E-state index contributed by atoms with van der Waals surface area (Å²) < 4.78 is 0. The fourth-order valence-corrected chi connectivity index (χ4v) is 8.28. The minimum absolute atomic E-state index is 0. The van der Waals surface area contributed by atoms with Gasteiger partial charge in [0.15, 0.2) is 17.3 Å². The van der Waals surface area contributed by atoms with E-state index in [9.17, 15) is 29.7 Å². The van der Waals surface area contributed by atoms with Crippen LogP contribution in [0.15, 0.2) is 237 Å². The van der Waals surface area contributed by atoms with E-state index >= 15 is 0 Å². The molecule has 0 aliphatic heterocycles. The number of allylic oxidation sites excluding steroid dienone is 3. The van der Waals surface area contributed by atoms with E-state index in [1.165, 1.54) is 24.0 Å². The van der Waals surface area contributed by atoms with Gasteiger partial charge in [-0.2, -0.15) is 0 Å². The molecule has 1 fully saturated rings. The van der Waals surface area contributed by atoms with Crippen LogP contribution in [-0.4, -0.2) is 27.3 Å². The number of pyridine rings is 2. The summed E-state index contributed by atoms with van der Waals surface area (Å²) >= 11 is 0. The van der Waals surface area contributed by atoms with E-state index in [1.54, 1.807) is 146 Å². The summed E-state index contributed by atoms with van der Waals surface area (Å²) in [5.41, 5.74) is 8.59. The van der Waals surface area contributed by atoms with Gasteiger partial charge in [0, 0.05) is 29.1 Å². The van der Waals surface area contributed by atoms with Gasteiger partial charge < -0.3 is 15.3 Å². The van der Waals surface area contributed by atoms with Crippen LogP contribution >= 0.6 is 0 Å². The number of aromatic nitrogens is 2. The van der Waals surface area contributed by atoms with E-state index in [4.69, 9.17) is 0 Å². The molecule has 0 saturated heterocycles. The summed E-state index contributed by atoms with van der Waals surface area (Å²) in [7, 11) is 0. The van der Waals surface area contributed by atoms with Gasteiger partial charge in [-0.1, -0.05) is 219 Å². The normalized spacial score (nSPS) is 15.1. The van der Waals surface area contributed by atoms with Gasteiger partial charge in [-0.05, 0) is 94.3 Å². The Balaban J connectivity index is 0.000000155. The van der Waals surface area contributed by atoms with Gasteiger partial charge in [-0.3, -0.25) is 24.4 Å². The monoisotopic (exact) mass is 1080 g/mol. The maximum atomic E-state index is 11.8. The maximum Gasteiger partial charge on any atom is 3.00 e. The Bertz CT molecular complexity index is 2830. The SMILES string of the molecule is CC1(C)[C@H]2Cc3cc(-c4ccccn4)ncc3[C@@H]1C2.O=C(/C=C(\[O-])c1ccccc1)c1ccccc1.O=C(/C=C(\[O-])c1ccccc1)c1ccccc1.O=C(/C=C(\[O-])c1ccccc1)c1ccccc1.[Tb+3]. The van der Waals surface area contributed by atoms with Crippen molar-refractivity contribution in [1.29, 1.82) is 0 Å². The molecular formula is C62H51N2O6Tb. The van der Waals surface area contributed by atoms with Crippen molar-refractivity contribution in [3.8, 4) is 11.4 Å². The Hall–Kier alpha value is -7.46. The fourth-order valence-electron chi connectivity index (χ4n) is 8.28. The van der Waals surface area contributed by atoms with Crippen LogP contribution in [0.25, 0.3) is 28.7 Å².